The molecule has 0 aromatic heterocycles. The Kier molecular flexibility index (Phi) is 17.6. The molecule has 0 amide bonds. The van der Waals surface area contributed by atoms with Crippen LogP contribution in [0.15, 0.2) is 0 Å². The normalized spacial score (nSPS) is 56.0. The van der Waals surface area contributed by atoms with Gasteiger partial charge in [0.25, 0.3) is 0 Å². The van der Waals surface area contributed by atoms with E-state index in [-0.39, 0.29) is 47.2 Å². The Morgan fingerprint density at radius 2 is 1.12 bits per heavy atom. The molecule has 4 saturated carbocycles. The monoisotopic (exact) mass is 1070 g/mol. The number of ether oxygens (including phenoxy) is 9. The molecule has 14 N–H and O–H groups in total. The minimum absolute atomic E-state index is 0.0171. The molecule has 0 radical (unpaired) electrons. The van der Waals surface area contributed by atoms with E-state index in [1.807, 2.05) is 6.92 Å². The number of hydrogen-bond donors (Lipinski definition) is 14. The largest absolute Gasteiger partial charge is 0.394 e. The summed E-state index contributed by atoms with van der Waals surface area (Å²) in [6.45, 7) is 8.49. The predicted octanol–water partition coefficient (Wildman–Crippen LogP) is -2.93. The molecular formula is C51H86O23. The van der Waals surface area contributed by atoms with Crippen LogP contribution < -0.4 is 0 Å². The van der Waals surface area contributed by atoms with E-state index in [2.05, 4.69) is 20.8 Å². The highest BCUT2D eigenvalue weighted by Gasteiger charge is 2.68. The molecule has 32 atom stereocenters. The molecule has 9 fully saturated rings. The molecule has 5 aliphatic heterocycles. The maximum Gasteiger partial charge on any atom is 0.187 e. The van der Waals surface area contributed by atoms with Gasteiger partial charge in [0.2, 0.25) is 0 Å². The zero-order chi connectivity index (χ0) is 53.5. The molecule has 9 rings (SSSR count). The lowest BCUT2D eigenvalue weighted by Crippen LogP contribution is -2.67. The second-order valence-electron chi connectivity index (χ2n) is 24.3. The van der Waals surface area contributed by atoms with Crippen LogP contribution in [0.2, 0.25) is 0 Å². The first-order valence-corrected chi connectivity index (χ1v) is 27.2. The summed E-state index contributed by atoms with van der Waals surface area (Å²) in [6, 6.07) is 0. The van der Waals surface area contributed by atoms with Gasteiger partial charge in [0.05, 0.1) is 44.7 Å². The van der Waals surface area contributed by atoms with Crippen molar-refractivity contribution in [2.24, 2.45) is 52.3 Å². The zero-order valence-electron chi connectivity index (χ0n) is 43.1. The Hall–Kier alpha value is -0.920. The van der Waals surface area contributed by atoms with Gasteiger partial charge < -0.3 is 114 Å². The van der Waals surface area contributed by atoms with Crippen LogP contribution in [-0.2, 0) is 42.6 Å². The van der Waals surface area contributed by atoms with Crippen LogP contribution in [0.4, 0.5) is 0 Å². The maximum atomic E-state index is 12.1. The van der Waals surface area contributed by atoms with Crippen molar-refractivity contribution in [1.82, 2.24) is 0 Å². The average Bonchev–Trinajstić information content (AvgIpc) is 3.82. The maximum absolute atomic E-state index is 12.1. The minimum atomic E-state index is -1.85. The molecule has 5 saturated heterocycles. The highest BCUT2D eigenvalue weighted by Crippen LogP contribution is 2.71. The molecule has 0 spiro atoms. The van der Waals surface area contributed by atoms with Gasteiger partial charge >= 0.3 is 0 Å². The van der Waals surface area contributed by atoms with Crippen molar-refractivity contribution in [3.05, 3.63) is 0 Å². The number of fused-ring (bicyclic) bond motifs is 7. The van der Waals surface area contributed by atoms with Gasteiger partial charge in [-0.25, -0.2) is 0 Å². The van der Waals surface area contributed by atoms with E-state index in [0.29, 0.717) is 43.4 Å². The predicted molar refractivity (Wildman–Crippen MR) is 250 cm³/mol. The third kappa shape index (κ3) is 10.3. The van der Waals surface area contributed by atoms with Gasteiger partial charge in [0, 0.05) is 12.3 Å². The highest BCUT2D eigenvalue weighted by molar-refractivity contribution is 5.15. The molecule has 4 aliphatic carbocycles. The molecular weight excluding hydrogens is 981 g/mol. The third-order valence-electron chi connectivity index (χ3n) is 20.1. The second kappa shape index (κ2) is 22.6. The van der Waals surface area contributed by atoms with Crippen molar-refractivity contribution in [3.63, 3.8) is 0 Å². The van der Waals surface area contributed by atoms with Gasteiger partial charge in [0.15, 0.2) is 30.9 Å². The summed E-state index contributed by atoms with van der Waals surface area (Å²) in [5.41, 5.74) is -0.0583. The van der Waals surface area contributed by atoms with Crippen LogP contribution in [-0.4, -0.2) is 239 Å². The summed E-state index contributed by atoms with van der Waals surface area (Å²) < 4.78 is 54.5. The minimum Gasteiger partial charge on any atom is -0.394 e. The highest BCUT2D eigenvalue weighted by atomic mass is 16.8. The topological polar surface area (TPSA) is 366 Å². The number of aliphatic hydroxyl groups is 14. The standard InChI is InChI=1S/C51H86O23/c1-20(19-66-45-39(61)37(59)34(56)29(16-52)69-45)8-13-51(65)21(2)32-28(74-51)15-27-25-7-6-23-14-24(9-11-49(23,4)26(25)10-12-50(27,32)5)68-48-44(73-46-40(62)36(58)33(55)22(3)67-46)42(64)43(31(18-54)71-48)72-47-41(63)38(60)35(57)30(17-53)70-47/h20-48,52-65H,6-19H2,1-5H3/t20-,21+,22+,23?,24?,25?,26?,27?,28?,29-,30-,31-,32?,33+,34-,35-,36-,37+,38+,39-,40-,41-,42+,43-,44-,45-,46-,47-,48-,49?,50?,51-/m1/s1. The molecule has 9 unspecified atom stereocenters. The molecule has 74 heavy (non-hydrogen) atoms. The number of hydrogen-bond acceptors (Lipinski definition) is 23. The second-order valence-corrected chi connectivity index (χ2v) is 24.3. The summed E-state index contributed by atoms with van der Waals surface area (Å²) >= 11 is 0. The third-order valence-corrected chi connectivity index (χ3v) is 20.1. The summed E-state index contributed by atoms with van der Waals surface area (Å²) in [4.78, 5) is 0. The van der Waals surface area contributed by atoms with Crippen LogP contribution in [0.3, 0.4) is 0 Å². The van der Waals surface area contributed by atoms with E-state index in [0.717, 1.165) is 38.5 Å². The summed E-state index contributed by atoms with van der Waals surface area (Å²) in [7, 11) is 0. The Labute approximate surface area is 431 Å². The van der Waals surface area contributed by atoms with Gasteiger partial charge in [-0.3, -0.25) is 0 Å². The van der Waals surface area contributed by atoms with Gasteiger partial charge in [-0.15, -0.1) is 0 Å². The molecule has 0 aromatic rings. The lowest BCUT2D eigenvalue weighted by molar-refractivity contribution is -0.390. The Balaban J connectivity index is 0.833. The van der Waals surface area contributed by atoms with Crippen molar-refractivity contribution < 1.29 is 114 Å². The Bertz CT molecular complexity index is 1850. The van der Waals surface area contributed by atoms with Gasteiger partial charge in [-0.1, -0.05) is 27.7 Å². The van der Waals surface area contributed by atoms with Crippen molar-refractivity contribution in [2.45, 2.75) is 240 Å². The number of rotatable bonds is 15. The SMILES string of the molecule is C[C@H](CC[C@@]1(O)OC2CC3C4CCC5CC(O[C@@H]6O[C@H](CO)[C@@H](O[C@H]7O[C@H](CO)[C@@H](O)[C@H](O)[C@H]7O)[C@H](O)[C@H]6O[C@H]6O[C@@H](C)[C@H](O)[C@@H](O)[C@H]6O)CCC5(C)C4CCC3(C)C2[C@@H]1C)CO[C@@H]1O[C@H](CO)[C@@H](O)[C@H](O)[C@H]1O. The van der Waals surface area contributed by atoms with Crippen molar-refractivity contribution in [3.8, 4) is 0 Å². The van der Waals surface area contributed by atoms with Crippen LogP contribution in [0.25, 0.3) is 0 Å². The first kappa shape index (κ1) is 57.8. The van der Waals surface area contributed by atoms with E-state index in [1.54, 1.807) is 0 Å². The quantitative estimate of drug-likeness (QED) is 0.0730. The van der Waals surface area contributed by atoms with Crippen LogP contribution in [0, 0.1) is 52.3 Å². The van der Waals surface area contributed by atoms with Crippen molar-refractivity contribution in [2.75, 3.05) is 26.4 Å². The number of aliphatic hydroxyl groups excluding tert-OH is 13. The molecule has 428 valence electrons. The van der Waals surface area contributed by atoms with E-state index in [4.69, 9.17) is 42.6 Å². The Morgan fingerprint density at radius 1 is 0.554 bits per heavy atom. The van der Waals surface area contributed by atoms with Crippen molar-refractivity contribution in [1.29, 1.82) is 0 Å². The fourth-order valence-corrected chi connectivity index (χ4v) is 15.6. The fraction of sp³-hybridized carbons (Fsp3) is 1.00. The van der Waals surface area contributed by atoms with Gasteiger partial charge in [0.1, 0.15) is 91.6 Å². The smallest absolute Gasteiger partial charge is 0.187 e. The molecule has 0 aromatic carbocycles. The van der Waals surface area contributed by atoms with E-state index < -0.39 is 155 Å². The lowest BCUT2D eigenvalue weighted by atomic mass is 9.44. The van der Waals surface area contributed by atoms with Crippen molar-refractivity contribution >= 4 is 0 Å². The zero-order valence-corrected chi connectivity index (χ0v) is 43.1. The first-order valence-electron chi connectivity index (χ1n) is 27.2. The van der Waals surface area contributed by atoms with E-state index >= 15 is 0 Å². The van der Waals surface area contributed by atoms with Crippen LogP contribution in [0.1, 0.15) is 98.8 Å². The van der Waals surface area contributed by atoms with E-state index in [1.165, 1.54) is 6.92 Å². The molecule has 23 nitrogen and oxygen atoms in total. The average molecular weight is 1070 g/mol. The molecule has 5 heterocycles. The lowest BCUT2D eigenvalue weighted by Gasteiger charge is -2.61. The van der Waals surface area contributed by atoms with Crippen LogP contribution >= 0.6 is 0 Å². The van der Waals surface area contributed by atoms with E-state index in [9.17, 15) is 71.5 Å². The summed E-state index contributed by atoms with van der Waals surface area (Å²) in [6.07, 6.45) is -22.7. The first-order chi connectivity index (χ1) is 35.0. The fourth-order valence-electron chi connectivity index (χ4n) is 15.6. The molecule has 0 bridgehead atoms. The van der Waals surface area contributed by atoms with Gasteiger partial charge in [-0.2, -0.15) is 0 Å². The summed E-state index contributed by atoms with van der Waals surface area (Å²) in [5.74, 6) is 0.202. The Morgan fingerprint density at radius 3 is 1.77 bits per heavy atom. The van der Waals surface area contributed by atoms with Crippen LogP contribution in [0.5, 0.6) is 0 Å². The molecule has 9 aliphatic rings. The molecule has 23 heteroatoms. The summed E-state index contributed by atoms with van der Waals surface area (Å²) in [5, 5.41) is 149. The van der Waals surface area contributed by atoms with Gasteiger partial charge in [-0.05, 0) is 111 Å².